The van der Waals surface area contributed by atoms with E-state index in [4.69, 9.17) is 0 Å². The molecule has 128 valence electrons. The van der Waals surface area contributed by atoms with Crippen LogP contribution in [-0.2, 0) is 11.2 Å². The maximum absolute atomic E-state index is 12.5. The zero-order valence-corrected chi connectivity index (χ0v) is 15.3. The van der Waals surface area contributed by atoms with E-state index in [0.29, 0.717) is 18.4 Å². The highest BCUT2D eigenvalue weighted by molar-refractivity contribution is 14.1. The number of carbonyl (C=O) groups is 3. The quantitative estimate of drug-likeness (QED) is 0.624. The third-order valence-electron chi connectivity index (χ3n) is 3.95. The minimum absolute atomic E-state index is 0.0269. The van der Waals surface area contributed by atoms with Gasteiger partial charge in [-0.1, -0.05) is 0 Å². The standard InChI is InChI=1S/C18H15IN2O4/c19-12-5-7-15(13(9-12)18(24)25)21-17(23)11-4-6-14-10(8-11)2-1-3-16(22)20-14/h4-9H,1-3H2,(H,20,22)(H,21,23)(H,24,25). The van der Waals surface area contributed by atoms with E-state index in [1.165, 1.54) is 6.07 Å². The SMILES string of the molecule is O=C1CCCc2cc(C(=O)Nc3ccc(I)cc3C(=O)O)ccc2N1. The molecule has 0 bridgehead atoms. The molecule has 0 aromatic heterocycles. The Hall–Kier alpha value is -2.42. The second kappa shape index (κ2) is 7.22. The molecule has 3 rings (SSSR count). The van der Waals surface area contributed by atoms with Gasteiger partial charge in [-0.2, -0.15) is 0 Å². The van der Waals surface area contributed by atoms with Crippen LogP contribution in [0.5, 0.6) is 0 Å². The first-order valence-electron chi connectivity index (χ1n) is 7.71. The molecule has 6 nitrogen and oxygen atoms in total. The van der Waals surface area contributed by atoms with Gasteiger partial charge in [-0.05, 0) is 77.4 Å². The van der Waals surface area contributed by atoms with Crippen LogP contribution in [0.15, 0.2) is 36.4 Å². The van der Waals surface area contributed by atoms with Crippen LogP contribution in [-0.4, -0.2) is 22.9 Å². The summed E-state index contributed by atoms with van der Waals surface area (Å²) in [6, 6.07) is 9.88. The molecule has 0 aliphatic carbocycles. The largest absolute Gasteiger partial charge is 0.478 e. The number of aromatic carboxylic acids is 1. The van der Waals surface area contributed by atoms with Crippen LogP contribution in [0.25, 0.3) is 0 Å². The summed E-state index contributed by atoms with van der Waals surface area (Å²) in [7, 11) is 0. The van der Waals surface area contributed by atoms with Gasteiger partial charge < -0.3 is 15.7 Å². The number of hydrogen-bond acceptors (Lipinski definition) is 3. The second-order valence-corrected chi connectivity index (χ2v) is 6.97. The van der Waals surface area contributed by atoms with Crippen molar-refractivity contribution in [1.82, 2.24) is 0 Å². The topological polar surface area (TPSA) is 95.5 Å². The molecular weight excluding hydrogens is 435 g/mol. The van der Waals surface area contributed by atoms with E-state index in [0.717, 1.165) is 21.2 Å². The van der Waals surface area contributed by atoms with Gasteiger partial charge in [-0.15, -0.1) is 0 Å². The number of aryl methyl sites for hydroxylation is 1. The molecule has 3 N–H and O–H groups in total. The number of nitrogens with one attached hydrogen (secondary N) is 2. The fourth-order valence-corrected chi connectivity index (χ4v) is 3.20. The number of carboxylic acids is 1. The molecule has 0 unspecified atom stereocenters. The highest BCUT2D eigenvalue weighted by Gasteiger charge is 2.17. The van der Waals surface area contributed by atoms with Crippen molar-refractivity contribution in [1.29, 1.82) is 0 Å². The maximum atomic E-state index is 12.5. The monoisotopic (exact) mass is 450 g/mol. The maximum Gasteiger partial charge on any atom is 0.337 e. The average Bonchev–Trinajstić information content (AvgIpc) is 2.76. The Labute approximate surface area is 157 Å². The van der Waals surface area contributed by atoms with Crippen LogP contribution < -0.4 is 10.6 Å². The van der Waals surface area contributed by atoms with Crippen LogP contribution in [0.1, 0.15) is 39.1 Å². The van der Waals surface area contributed by atoms with Gasteiger partial charge in [0.05, 0.1) is 11.3 Å². The van der Waals surface area contributed by atoms with E-state index < -0.39 is 5.97 Å². The molecule has 2 aromatic rings. The zero-order valence-electron chi connectivity index (χ0n) is 13.1. The van der Waals surface area contributed by atoms with Crippen molar-refractivity contribution >= 4 is 51.7 Å². The number of halogens is 1. The lowest BCUT2D eigenvalue weighted by atomic mass is 10.0. The predicted molar refractivity (Wildman–Crippen MR) is 102 cm³/mol. The number of benzene rings is 2. The lowest BCUT2D eigenvalue weighted by Gasteiger charge is -2.11. The summed E-state index contributed by atoms with van der Waals surface area (Å²) in [6.07, 6.45) is 1.89. The average molecular weight is 450 g/mol. The summed E-state index contributed by atoms with van der Waals surface area (Å²) in [5.74, 6) is -1.51. The molecular formula is C18H15IN2O4. The van der Waals surface area contributed by atoms with E-state index in [-0.39, 0.29) is 23.1 Å². The van der Waals surface area contributed by atoms with E-state index in [1.807, 2.05) is 22.6 Å². The Balaban J connectivity index is 1.86. The van der Waals surface area contributed by atoms with Crippen LogP contribution in [0.2, 0.25) is 0 Å². The Kier molecular flexibility index (Phi) is 5.03. The Bertz CT molecular complexity index is 879. The van der Waals surface area contributed by atoms with Gasteiger partial charge in [0.1, 0.15) is 0 Å². The Morgan fingerprint density at radius 2 is 1.92 bits per heavy atom. The van der Waals surface area contributed by atoms with Gasteiger partial charge in [0.2, 0.25) is 5.91 Å². The molecule has 2 aromatic carbocycles. The van der Waals surface area contributed by atoms with Crippen LogP contribution >= 0.6 is 22.6 Å². The number of carboxylic acid groups (broad SMARTS) is 1. The summed E-state index contributed by atoms with van der Waals surface area (Å²) in [6.45, 7) is 0. The fraction of sp³-hybridized carbons (Fsp3) is 0.167. The first-order valence-corrected chi connectivity index (χ1v) is 8.79. The third-order valence-corrected chi connectivity index (χ3v) is 4.62. The van der Waals surface area contributed by atoms with Crippen molar-refractivity contribution in [2.24, 2.45) is 0 Å². The molecule has 0 atom stereocenters. The molecule has 1 aliphatic heterocycles. The normalized spacial score (nSPS) is 13.4. The smallest absolute Gasteiger partial charge is 0.337 e. The van der Waals surface area contributed by atoms with E-state index >= 15 is 0 Å². The van der Waals surface area contributed by atoms with Gasteiger partial charge >= 0.3 is 5.97 Å². The number of rotatable bonds is 3. The van der Waals surface area contributed by atoms with Gasteiger partial charge in [-0.3, -0.25) is 9.59 Å². The number of fused-ring (bicyclic) bond motifs is 1. The Morgan fingerprint density at radius 1 is 1.12 bits per heavy atom. The molecule has 1 aliphatic rings. The van der Waals surface area contributed by atoms with Crippen molar-refractivity contribution in [2.75, 3.05) is 10.6 Å². The Morgan fingerprint density at radius 3 is 2.68 bits per heavy atom. The van der Waals surface area contributed by atoms with Crippen LogP contribution in [0.4, 0.5) is 11.4 Å². The van der Waals surface area contributed by atoms with E-state index in [9.17, 15) is 19.5 Å². The van der Waals surface area contributed by atoms with Crippen molar-refractivity contribution in [3.8, 4) is 0 Å². The molecule has 7 heteroatoms. The van der Waals surface area contributed by atoms with Gasteiger partial charge in [0.25, 0.3) is 5.91 Å². The minimum atomic E-state index is -1.10. The van der Waals surface area contributed by atoms with Crippen molar-refractivity contribution in [3.63, 3.8) is 0 Å². The first-order chi connectivity index (χ1) is 11.9. The highest BCUT2D eigenvalue weighted by Crippen LogP contribution is 2.25. The second-order valence-electron chi connectivity index (χ2n) is 5.72. The molecule has 0 saturated carbocycles. The fourth-order valence-electron chi connectivity index (χ4n) is 2.71. The summed E-state index contributed by atoms with van der Waals surface area (Å²) < 4.78 is 0.772. The molecule has 0 spiro atoms. The van der Waals surface area contributed by atoms with Crippen LogP contribution in [0.3, 0.4) is 0 Å². The van der Waals surface area contributed by atoms with Gasteiger partial charge in [0, 0.05) is 21.2 Å². The van der Waals surface area contributed by atoms with Gasteiger partial charge in [-0.25, -0.2) is 4.79 Å². The van der Waals surface area contributed by atoms with Crippen molar-refractivity contribution in [3.05, 3.63) is 56.7 Å². The number of hydrogen-bond donors (Lipinski definition) is 3. The number of carbonyl (C=O) groups excluding carboxylic acids is 2. The van der Waals surface area contributed by atoms with Gasteiger partial charge in [0.15, 0.2) is 0 Å². The minimum Gasteiger partial charge on any atom is -0.478 e. The molecule has 0 saturated heterocycles. The summed E-state index contributed by atoms with van der Waals surface area (Å²) in [5.41, 5.74) is 2.34. The van der Waals surface area contributed by atoms with Crippen LogP contribution in [0, 0.1) is 3.57 Å². The molecule has 1 heterocycles. The first kappa shape index (κ1) is 17.4. The summed E-state index contributed by atoms with van der Waals surface area (Å²) in [4.78, 5) is 35.5. The molecule has 25 heavy (non-hydrogen) atoms. The lowest BCUT2D eigenvalue weighted by molar-refractivity contribution is -0.116. The highest BCUT2D eigenvalue weighted by atomic mass is 127. The van der Waals surface area contributed by atoms with E-state index in [2.05, 4.69) is 10.6 Å². The predicted octanol–water partition coefficient (Wildman–Crippen LogP) is 3.52. The lowest BCUT2D eigenvalue weighted by Crippen LogP contribution is -2.15. The van der Waals surface area contributed by atoms with E-state index in [1.54, 1.807) is 30.3 Å². The summed E-state index contributed by atoms with van der Waals surface area (Å²) in [5, 5.41) is 14.8. The number of amides is 2. The number of anilines is 2. The summed E-state index contributed by atoms with van der Waals surface area (Å²) >= 11 is 2.02. The third kappa shape index (κ3) is 3.98. The van der Waals surface area contributed by atoms with Crippen molar-refractivity contribution < 1.29 is 19.5 Å². The molecule has 0 fully saturated rings. The molecule has 2 amide bonds. The van der Waals surface area contributed by atoms with Crippen molar-refractivity contribution in [2.45, 2.75) is 19.3 Å². The molecule has 0 radical (unpaired) electrons. The zero-order chi connectivity index (χ0) is 18.0.